The van der Waals surface area contributed by atoms with Gasteiger partial charge in [-0.3, -0.25) is 4.79 Å². The maximum absolute atomic E-state index is 11.0. The maximum atomic E-state index is 11.0. The van der Waals surface area contributed by atoms with E-state index in [1.54, 1.807) is 31.4 Å². The summed E-state index contributed by atoms with van der Waals surface area (Å²) in [7, 11) is 1.64. The number of hydrogen-bond acceptors (Lipinski definition) is 13. The molecule has 1 rings (SSSR count). The van der Waals surface area contributed by atoms with Crippen LogP contribution in [-0.2, 0) is 56.9 Å². The summed E-state index contributed by atoms with van der Waals surface area (Å²) in [5, 5.41) is 2.71. The molecule has 262 valence electrons. The third kappa shape index (κ3) is 30.5. The second-order valence-corrected chi connectivity index (χ2v) is 9.17. The van der Waals surface area contributed by atoms with Gasteiger partial charge in [-0.1, -0.05) is 0 Å². The van der Waals surface area contributed by atoms with Crippen molar-refractivity contribution in [2.45, 2.75) is 6.92 Å². The second-order valence-electron chi connectivity index (χ2n) is 9.17. The lowest BCUT2D eigenvalue weighted by atomic mass is 10.3. The van der Waals surface area contributed by atoms with Crippen LogP contribution >= 0.6 is 0 Å². The fourth-order valence-electron chi connectivity index (χ4n) is 3.28. The molecule has 0 radical (unpaired) electrons. The first-order chi connectivity index (χ1) is 22.2. The number of nitrogens with one attached hydrogen (secondary N) is 1. The molecule has 0 aliphatic heterocycles. The highest BCUT2D eigenvalue weighted by molar-refractivity contribution is 5.88. The van der Waals surface area contributed by atoms with Gasteiger partial charge in [0.1, 0.15) is 12.4 Å². The molecule has 14 nitrogen and oxygen atoms in total. The number of ether oxygens (including phenoxy) is 12. The Morgan fingerprint density at radius 3 is 0.978 bits per heavy atom. The van der Waals surface area contributed by atoms with E-state index in [4.69, 9.17) is 56.8 Å². The number of carbonyl (C=O) groups excluding carboxylic acids is 1. The molecular formula is C31H55NO13. The van der Waals surface area contributed by atoms with Crippen LogP contribution < -0.4 is 10.1 Å². The van der Waals surface area contributed by atoms with Gasteiger partial charge in [0.05, 0.1) is 139 Å². The van der Waals surface area contributed by atoms with Crippen LogP contribution in [0, 0.1) is 0 Å². The van der Waals surface area contributed by atoms with E-state index in [0.29, 0.717) is 151 Å². The Balaban J connectivity index is 1.66. The van der Waals surface area contributed by atoms with Crippen LogP contribution in [0.4, 0.5) is 5.69 Å². The fraction of sp³-hybridized carbons (Fsp3) is 0.774. The minimum atomic E-state index is -0.108. The van der Waals surface area contributed by atoms with Gasteiger partial charge >= 0.3 is 0 Å². The monoisotopic (exact) mass is 649 g/mol. The molecule has 1 amide bonds. The van der Waals surface area contributed by atoms with Crippen LogP contribution in [0.3, 0.4) is 0 Å². The van der Waals surface area contributed by atoms with Gasteiger partial charge in [-0.15, -0.1) is 0 Å². The van der Waals surface area contributed by atoms with E-state index in [0.717, 1.165) is 5.69 Å². The minimum Gasteiger partial charge on any atom is -0.491 e. The van der Waals surface area contributed by atoms with Gasteiger partial charge in [0.25, 0.3) is 0 Å². The molecule has 1 N–H and O–H groups in total. The SMILES string of the molecule is COCCOCCOCCOCCOCCOCCOCCOCCOCCOCCOCCOc1ccc(NC(C)=O)cc1. The van der Waals surface area contributed by atoms with E-state index in [-0.39, 0.29) is 5.91 Å². The van der Waals surface area contributed by atoms with Crippen LogP contribution in [0.25, 0.3) is 0 Å². The van der Waals surface area contributed by atoms with Crippen LogP contribution in [0.1, 0.15) is 6.92 Å². The number of carbonyl (C=O) groups is 1. The quantitative estimate of drug-likeness (QED) is 0.107. The topological polar surface area (TPSA) is 140 Å². The molecule has 0 aliphatic rings. The minimum absolute atomic E-state index is 0.108. The number of anilines is 1. The van der Waals surface area contributed by atoms with Crippen LogP contribution in [0.15, 0.2) is 24.3 Å². The highest BCUT2D eigenvalue weighted by Gasteiger charge is 1.99. The van der Waals surface area contributed by atoms with Crippen molar-refractivity contribution >= 4 is 11.6 Å². The summed E-state index contributed by atoms with van der Waals surface area (Å²) < 4.78 is 64.9. The summed E-state index contributed by atoms with van der Waals surface area (Å²) in [5.41, 5.74) is 0.732. The molecule has 0 heterocycles. The van der Waals surface area contributed by atoms with Gasteiger partial charge in [0.15, 0.2) is 0 Å². The van der Waals surface area contributed by atoms with E-state index in [9.17, 15) is 4.79 Å². The van der Waals surface area contributed by atoms with Gasteiger partial charge in [0.2, 0.25) is 5.91 Å². The lowest BCUT2D eigenvalue weighted by Crippen LogP contribution is -2.15. The summed E-state index contributed by atoms with van der Waals surface area (Å²) in [6.45, 7) is 12.7. The standard InChI is InChI=1S/C31H55NO13/c1-29(33)32-30-3-5-31(6-4-30)45-28-27-44-26-25-43-24-23-42-22-21-41-20-19-40-18-17-39-16-15-38-14-13-37-12-11-36-10-9-35-8-7-34-2/h3-6H,7-28H2,1-2H3,(H,32,33). The Hall–Kier alpha value is -1.95. The number of benzene rings is 1. The highest BCUT2D eigenvalue weighted by Crippen LogP contribution is 2.15. The van der Waals surface area contributed by atoms with Crippen molar-refractivity contribution in [3.05, 3.63) is 24.3 Å². The number of amides is 1. The molecule has 0 atom stereocenters. The van der Waals surface area contributed by atoms with Crippen LogP contribution in [-0.4, -0.2) is 158 Å². The summed E-state index contributed by atoms with van der Waals surface area (Å²) in [5.74, 6) is 0.609. The largest absolute Gasteiger partial charge is 0.491 e. The first-order valence-corrected chi connectivity index (χ1v) is 15.5. The fourth-order valence-corrected chi connectivity index (χ4v) is 3.28. The Morgan fingerprint density at radius 1 is 0.444 bits per heavy atom. The molecule has 45 heavy (non-hydrogen) atoms. The molecular weight excluding hydrogens is 594 g/mol. The van der Waals surface area contributed by atoms with Crippen LogP contribution in [0.2, 0.25) is 0 Å². The molecule has 1 aromatic carbocycles. The van der Waals surface area contributed by atoms with E-state index >= 15 is 0 Å². The molecule has 1 aromatic rings. The van der Waals surface area contributed by atoms with E-state index in [2.05, 4.69) is 5.32 Å². The third-order valence-corrected chi connectivity index (χ3v) is 5.45. The Kier molecular flexibility index (Phi) is 30.5. The first kappa shape index (κ1) is 41.1. The Morgan fingerprint density at radius 2 is 0.711 bits per heavy atom. The van der Waals surface area contributed by atoms with E-state index < -0.39 is 0 Å². The van der Waals surface area contributed by atoms with Crippen molar-refractivity contribution in [3.8, 4) is 5.75 Å². The average Bonchev–Trinajstić information content (AvgIpc) is 3.04. The van der Waals surface area contributed by atoms with Gasteiger partial charge in [-0.05, 0) is 24.3 Å². The van der Waals surface area contributed by atoms with Gasteiger partial charge in [-0.2, -0.15) is 0 Å². The predicted molar refractivity (Wildman–Crippen MR) is 166 cm³/mol. The summed E-state index contributed by atoms with van der Waals surface area (Å²) >= 11 is 0. The molecule has 14 heteroatoms. The van der Waals surface area contributed by atoms with Gasteiger partial charge in [0, 0.05) is 19.7 Å². The van der Waals surface area contributed by atoms with Crippen molar-refractivity contribution in [2.75, 3.05) is 158 Å². The normalized spacial score (nSPS) is 11.2. The first-order valence-electron chi connectivity index (χ1n) is 15.5. The molecule has 0 aliphatic carbocycles. The van der Waals surface area contributed by atoms with Crippen molar-refractivity contribution < 1.29 is 61.6 Å². The number of methoxy groups -OCH3 is 1. The van der Waals surface area contributed by atoms with Crippen molar-refractivity contribution in [1.82, 2.24) is 0 Å². The zero-order valence-corrected chi connectivity index (χ0v) is 27.2. The summed E-state index contributed by atoms with van der Waals surface area (Å²) in [6.07, 6.45) is 0. The number of rotatable bonds is 35. The zero-order chi connectivity index (χ0) is 32.3. The van der Waals surface area contributed by atoms with E-state index in [1.807, 2.05) is 0 Å². The lowest BCUT2D eigenvalue weighted by Gasteiger charge is -2.09. The molecule has 0 unspecified atom stereocenters. The highest BCUT2D eigenvalue weighted by atomic mass is 16.6. The van der Waals surface area contributed by atoms with Crippen molar-refractivity contribution in [3.63, 3.8) is 0 Å². The molecule has 0 saturated heterocycles. The Labute approximate surface area is 268 Å². The van der Waals surface area contributed by atoms with Crippen molar-refractivity contribution in [2.24, 2.45) is 0 Å². The smallest absolute Gasteiger partial charge is 0.221 e. The number of hydrogen-bond donors (Lipinski definition) is 1. The molecule has 0 fully saturated rings. The molecule has 0 spiro atoms. The van der Waals surface area contributed by atoms with Gasteiger partial charge in [-0.25, -0.2) is 0 Å². The average molecular weight is 650 g/mol. The molecule has 0 saturated carbocycles. The van der Waals surface area contributed by atoms with Crippen LogP contribution in [0.5, 0.6) is 5.75 Å². The molecule has 0 aromatic heterocycles. The second kappa shape index (κ2) is 33.4. The molecule has 0 bridgehead atoms. The third-order valence-electron chi connectivity index (χ3n) is 5.45. The summed E-state index contributed by atoms with van der Waals surface area (Å²) in [4.78, 5) is 11.0. The lowest BCUT2D eigenvalue weighted by molar-refractivity contribution is -0.114. The van der Waals surface area contributed by atoms with E-state index in [1.165, 1.54) is 6.92 Å². The predicted octanol–water partition coefficient (Wildman–Crippen LogP) is 1.84. The zero-order valence-electron chi connectivity index (χ0n) is 27.2. The van der Waals surface area contributed by atoms with Crippen molar-refractivity contribution in [1.29, 1.82) is 0 Å². The Bertz CT molecular complexity index is 758. The van der Waals surface area contributed by atoms with Gasteiger partial charge < -0.3 is 62.2 Å². The summed E-state index contributed by atoms with van der Waals surface area (Å²) in [6, 6.07) is 7.18. The maximum Gasteiger partial charge on any atom is 0.221 e.